The van der Waals surface area contributed by atoms with Crippen molar-refractivity contribution in [1.82, 2.24) is 0 Å². The number of hydrogen-bond donors (Lipinski definition) is 1. The van der Waals surface area contributed by atoms with Gasteiger partial charge in [-0.25, -0.2) is 4.79 Å². The Morgan fingerprint density at radius 3 is 2.77 bits per heavy atom. The van der Waals surface area contributed by atoms with Crippen molar-refractivity contribution in [2.24, 2.45) is 34.5 Å². The molecule has 1 aromatic rings. The average Bonchev–Trinajstić information content (AvgIpc) is 3.27. The highest BCUT2D eigenvalue weighted by Crippen LogP contribution is 2.65. The zero-order valence-corrected chi connectivity index (χ0v) is 17.9. The number of rotatable bonds is 2. The molecule has 0 bridgehead atoms. The molecule has 1 heterocycles. The number of ketones is 1. The third kappa shape index (κ3) is 2.67. The van der Waals surface area contributed by atoms with Crippen LogP contribution in [0.25, 0.3) is 0 Å². The van der Waals surface area contributed by atoms with Crippen molar-refractivity contribution in [1.29, 1.82) is 0 Å². The number of esters is 1. The van der Waals surface area contributed by atoms with Crippen LogP contribution in [0.2, 0.25) is 0 Å². The molecule has 3 unspecified atom stereocenters. The molecule has 0 saturated heterocycles. The van der Waals surface area contributed by atoms with Crippen molar-refractivity contribution in [2.45, 2.75) is 59.0 Å². The van der Waals surface area contributed by atoms with Gasteiger partial charge in [-0.1, -0.05) is 32.4 Å². The van der Waals surface area contributed by atoms with E-state index in [1.54, 1.807) is 6.08 Å². The van der Waals surface area contributed by atoms with Crippen LogP contribution in [0, 0.1) is 34.5 Å². The van der Waals surface area contributed by atoms with Crippen LogP contribution in [0.1, 0.15) is 63.4 Å². The Bertz CT molecular complexity index is 954. The summed E-state index contributed by atoms with van der Waals surface area (Å²) < 4.78 is 11.0. The lowest BCUT2D eigenvalue weighted by atomic mass is 9.46. The zero-order valence-electron chi connectivity index (χ0n) is 17.9. The summed E-state index contributed by atoms with van der Waals surface area (Å²) in [5, 5.41) is 9.80. The van der Waals surface area contributed by atoms with Crippen molar-refractivity contribution in [3.8, 4) is 5.75 Å². The summed E-state index contributed by atoms with van der Waals surface area (Å²) in [4.78, 5) is 24.6. The van der Waals surface area contributed by atoms with Crippen LogP contribution >= 0.6 is 0 Å². The van der Waals surface area contributed by atoms with Gasteiger partial charge in [-0.05, 0) is 67.9 Å². The number of fused-ring (bicyclic) bond motifs is 5. The first-order valence-corrected chi connectivity index (χ1v) is 11.2. The SMILES string of the molecule is C[C@H]1CC2C(CC[C@@]3(C)C2CC[C@H]3OC(=O)c2occc2O)[C@@]2(C)C=CC(=O)C=C12. The van der Waals surface area contributed by atoms with E-state index in [2.05, 4.69) is 26.8 Å². The van der Waals surface area contributed by atoms with Crippen molar-refractivity contribution in [2.75, 3.05) is 0 Å². The molecule has 0 radical (unpaired) electrons. The van der Waals surface area contributed by atoms with E-state index in [0.717, 1.165) is 32.1 Å². The molecule has 0 amide bonds. The summed E-state index contributed by atoms with van der Waals surface area (Å²) in [7, 11) is 0. The maximum absolute atomic E-state index is 12.6. The number of furan rings is 1. The number of ether oxygens (including phenoxy) is 1. The highest BCUT2D eigenvalue weighted by Gasteiger charge is 2.60. The molecule has 4 aliphatic rings. The van der Waals surface area contributed by atoms with Crippen LogP contribution in [-0.4, -0.2) is 23.0 Å². The average molecular weight is 411 g/mol. The number of aromatic hydroxyl groups is 1. The molecule has 3 saturated carbocycles. The fourth-order valence-corrected chi connectivity index (χ4v) is 7.40. The minimum absolute atomic E-state index is 0.0493. The van der Waals surface area contributed by atoms with Gasteiger partial charge in [0.15, 0.2) is 11.5 Å². The molecule has 30 heavy (non-hydrogen) atoms. The topological polar surface area (TPSA) is 76.7 Å². The molecule has 1 aromatic heterocycles. The second-order valence-electron chi connectivity index (χ2n) is 10.3. The minimum Gasteiger partial charge on any atom is -0.504 e. The zero-order chi connectivity index (χ0) is 21.3. The first-order valence-electron chi connectivity index (χ1n) is 11.2. The fraction of sp³-hybridized carbons (Fsp3) is 0.600. The summed E-state index contributed by atoms with van der Waals surface area (Å²) in [5.41, 5.74) is 1.19. The van der Waals surface area contributed by atoms with Crippen molar-refractivity contribution in [3.63, 3.8) is 0 Å². The normalized spacial score (nSPS) is 42.2. The maximum Gasteiger partial charge on any atom is 0.378 e. The molecule has 0 aliphatic heterocycles. The summed E-state index contributed by atoms with van der Waals surface area (Å²) in [6, 6.07) is 1.36. The Morgan fingerprint density at radius 2 is 2.03 bits per heavy atom. The highest BCUT2D eigenvalue weighted by atomic mass is 16.6. The Hall–Kier alpha value is -2.30. The van der Waals surface area contributed by atoms with E-state index in [0.29, 0.717) is 23.7 Å². The monoisotopic (exact) mass is 410 g/mol. The predicted molar refractivity (Wildman–Crippen MR) is 111 cm³/mol. The Labute approximate surface area is 177 Å². The van der Waals surface area contributed by atoms with E-state index in [9.17, 15) is 14.7 Å². The van der Waals surface area contributed by atoms with E-state index in [-0.39, 0.29) is 34.2 Å². The molecule has 1 N–H and O–H groups in total. The van der Waals surface area contributed by atoms with Crippen LogP contribution in [0.3, 0.4) is 0 Å². The largest absolute Gasteiger partial charge is 0.504 e. The first-order chi connectivity index (χ1) is 14.2. The van der Waals surface area contributed by atoms with Crippen LogP contribution in [-0.2, 0) is 9.53 Å². The third-order valence-corrected chi connectivity index (χ3v) is 8.87. The van der Waals surface area contributed by atoms with Gasteiger partial charge in [-0.3, -0.25) is 4.79 Å². The van der Waals surface area contributed by atoms with Gasteiger partial charge in [0, 0.05) is 16.9 Å². The van der Waals surface area contributed by atoms with Crippen molar-refractivity contribution >= 4 is 11.8 Å². The van der Waals surface area contributed by atoms with Gasteiger partial charge in [0.2, 0.25) is 0 Å². The first kappa shape index (κ1) is 19.7. The number of carbonyl (C=O) groups is 2. The Kier molecular flexibility index (Phi) is 4.32. The lowest BCUT2D eigenvalue weighted by molar-refractivity contribution is -0.111. The molecular weight excluding hydrogens is 380 g/mol. The lowest BCUT2D eigenvalue weighted by Crippen LogP contribution is -2.52. The highest BCUT2D eigenvalue weighted by molar-refractivity contribution is 6.01. The van der Waals surface area contributed by atoms with E-state index in [1.807, 2.05) is 6.08 Å². The molecule has 5 heteroatoms. The van der Waals surface area contributed by atoms with E-state index in [4.69, 9.17) is 9.15 Å². The lowest BCUT2D eigenvalue weighted by Gasteiger charge is -2.58. The molecule has 3 fully saturated rings. The molecular formula is C25H30O5. The molecule has 160 valence electrons. The van der Waals surface area contributed by atoms with Gasteiger partial charge in [-0.15, -0.1) is 0 Å². The van der Waals surface area contributed by atoms with Crippen molar-refractivity contribution < 1.29 is 23.8 Å². The summed E-state index contributed by atoms with van der Waals surface area (Å²) in [6.07, 6.45) is 12.0. The van der Waals surface area contributed by atoms with E-state index in [1.165, 1.54) is 17.9 Å². The molecule has 5 rings (SSSR count). The Morgan fingerprint density at radius 1 is 1.23 bits per heavy atom. The van der Waals surface area contributed by atoms with E-state index >= 15 is 0 Å². The maximum atomic E-state index is 12.6. The minimum atomic E-state index is -0.575. The van der Waals surface area contributed by atoms with Crippen LogP contribution in [0.15, 0.2) is 40.5 Å². The third-order valence-electron chi connectivity index (χ3n) is 8.87. The smallest absolute Gasteiger partial charge is 0.378 e. The van der Waals surface area contributed by atoms with Crippen LogP contribution < -0.4 is 0 Å². The fourth-order valence-electron chi connectivity index (χ4n) is 7.40. The van der Waals surface area contributed by atoms with Crippen molar-refractivity contribution in [3.05, 3.63) is 41.9 Å². The molecule has 4 aliphatic carbocycles. The Balaban J connectivity index is 1.41. The number of hydrogen-bond acceptors (Lipinski definition) is 5. The summed E-state index contributed by atoms with van der Waals surface area (Å²) >= 11 is 0. The number of carbonyl (C=O) groups excluding carboxylic acids is 2. The van der Waals surface area contributed by atoms with Gasteiger partial charge in [0.1, 0.15) is 6.10 Å². The van der Waals surface area contributed by atoms with Gasteiger partial charge in [0.25, 0.3) is 5.76 Å². The van der Waals surface area contributed by atoms with Gasteiger partial charge in [0.05, 0.1) is 6.26 Å². The molecule has 0 spiro atoms. The second kappa shape index (κ2) is 6.60. The second-order valence-corrected chi connectivity index (χ2v) is 10.3. The molecule has 0 aromatic carbocycles. The summed E-state index contributed by atoms with van der Waals surface area (Å²) in [5.74, 6) is 1.21. The molecule has 5 nitrogen and oxygen atoms in total. The molecule has 7 atom stereocenters. The standard InChI is InChI=1S/C25H30O5/c1-14-12-16-17-4-5-21(30-23(28)22-20(27)8-11-29-22)25(17,3)10-7-18(16)24(2)9-6-15(26)13-19(14)24/h6,8-9,11,13-14,16-18,21,27H,4-5,7,10,12H2,1-3H3/t14-,16?,17?,18?,21+,24+,25-/m0/s1. The van der Waals surface area contributed by atoms with Crippen LogP contribution in [0.4, 0.5) is 0 Å². The van der Waals surface area contributed by atoms with Gasteiger partial charge in [-0.2, -0.15) is 0 Å². The quantitative estimate of drug-likeness (QED) is 0.689. The summed E-state index contributed by atoms with van der Waals surface area (Å²) in [6.45, 7) is 6.84. The van der Waals surface area contributed by atoms with Gasteiger partial charge < -0.3 is 14.3 Å². The number of allylic oxidation sites excluding steroid dienone is 4. The van der Waals surface area contributed by atoms with Gasteiger partial charge >= 0.3 is 5.97 Å². The predicted octanol–water partition coefficient (Wildman–Crippen LogP) is 5.06. The van der Waals surface area contributed by atoms with Crippen LogP contribution in [0.5, 0.6) is 5.75 Å². The van der Waals surface area contributed by atoms with E-state index < -0.39 is 5.97 Å².